The van der Waals surface area contributed by atoms with Gasteiger partial charge in [0.15, 0.2) is 0 Å². The molecule has 10 heavy (non-hydrogen) atoms. The molecule has 0 spiro atoms. The normalized spacial score (nSPS) is 59.0. The molecule has 1 heteroatoms. The molecule has 0 aromatic carbocycles. The first-order valence-corrected chi connectivity index (χ1v) is 3.36. The minimum Gasteiger partial charge on any atom is -0.389 e. The molecule has 0 saturated carbocycles. The van der Waals surface area contributed by atoms with Crippen LogP contribution in [-0.2, 0) is 0 Å². The molecule has 58 valence electrons. The van der Waals surface area contributed by atoms with Crippen molar-refractivity contribution in [3.8, 4) is 0 Å². The number of aliphatic hydroxyl groups is 1. The Morgan fingerprint density at radius 2 is 2.80 bits per heavy atom. The van der Waals surface area contributed by atoms with E-state index in [-0.39, 0.29) is 12.0 Å². The summed E-state index contributed by atoms with van der Waals surface area (Å²) >= 11 is 0. The van der Waals surface area contributed by atoms with Crippen LogP contribution in [0.15, 0.2) is 11.6 Å². The lowest BCUT2D eigenvalue weighted by molar-refractivity contribution is 0.201. The Labute approximate surface area is 72.6 Å². The Morgan fingerprint density at radius 3 is 3.50 bits per heavy atom. The van der Waals surface area contributed by atoms with E-state index in [4.69, 9.17) is 9.60 Å². The number of rotatable bonds is 2. The lowest BCUT2D eigenvalue weighted by Crippen LogP contribution is -2.08. The Morgan fingerprint density at radius 1 is 2.00 bits per heavy atom. The Hall–Kier alpha value is -0.300. The van der Waals surface area contributed by atoms with Crippen LogP contribution >= 0.6 is 0 Å². The van der Waals surface area contributed by atoms with Crippen molar-refractivity contribution >= 4 is 0 Å². The minimum atomic E-state index is -3.01. The van der Waals surface area contributed by atoms with Gasteiger partial charge in [0, 0.05) is 8.22 Å². The Bertz CT molecular complexity index is 345. The molecule has 0 heterocycles. The molecule has 1 unspecified atom stereocenters. The molecule has 1 nitrogen and oxygen atoms in total. The van der Waals surface area contributed by atoms with Gasteiger partial charge in [-0.3, -0.25) is 0 Å². The summed E-state index contributed by atoms with van der Waals surface area (Å²) in [6, 6.07) is 0. The van der Waals surface area contributed by atoms with Crippen LogP contribution in [0.4, 0.5) is 0 Å². The molecule has 0 aromatic rings. The standard InChI is InChI=1S/C9H16O/c1-2-4-8-5-3-6-9(10)7-8/h7,9-10H,2-6H2,1H3/i3D2,5D2,6D2,9D. The summed E-state index contributed by atoms with van der Waals surface area (Å²) in [4.78, 5) is 0. The molecule has 1 aliphatic carbocycles. The molecule has 0 bridgehead atoms. The van der Waals surface area contributed by atoms with Crippen LogP contribution in [0.3, 0.4) is 0 Å². The van der Waals surface area contributed by atoms with Gasteiger partial charge in [0.05, 0.1) is 7.45 Å². The zero-order chi connectivity index (χ0) is 13.7. The average molecular weight is 147 g/mol. The predicted molar refractivity (Wildman–Crippen MR) is 42.8 cm³/mol. The first kappa shape index (κ1) is 2.63. The van der Waals surface area contributed by atoms with E-state index in [0.29, 0.717) is 6.42 Å². The molecule has 0 amide bonds. The molecule has 0 aromatic heterocycles. The van der Waals surface area contributed by atoms with Crippen molar-refractivity contribution in [3.05, 3.63) is 11.6 Å². The number of hydrogen-bond donors (Lipinski definition) is 1. The lowest BCUT2D eigenvalue weighted by atomic mass is 9.95. The van der Waals surface area contributed by atoms with E-state index in [9.17, 15) is 5.11 Å². The second-order valence-electron chi connectivity index (χ2n) is 2.18. The van der Waals surface area contributed by atoms with Gasteiger partial charge in [0.25, 0.3) is 0 Å². The van der Waals surface area contributed by atoms with Gasteiger partial charge < -0.3 is 5.11 Å². The van der Waals surface area contributed by atoms with E-state index >= 15 is 0 Å². The van der Waals surface area contributed by atoms with Gasteiger partial charge in [-0.25, -0.2) is 0 Å². The molecule has 0 fully saturated rings. The van der Waals surface area contributed by atoms with Gasteiger partial charge in [-0.05, 0) is 25.5 Å². The van der Waals surface area contributed by atoms with E-state index in [1.54, 1.807) is 6.92 Å². The van der Waals surface area contributed by atoms with Crippen LogP contribution in [0.2, 0.25) is 0 Å². The maximum atomic E-state index is 9.68. The summed E-state index contributed by atoms with van der Waals surface area (Å²) in [5, 5.41) is 9.68. The average Bonchev–Trinajstić information content (AvgIpc) is 2.14. The third kappa shape index (κ3) is 2.14. The van der Waals surface area contributed by atoms with Crippen molar-refractivity contribution in [2.75, 3.05) is 0 Å². The second kappa shape index (κ2) is 3.77. The molecule has 0 saturated heterocycles. The molecule has 1 N–H and O–H groups in total. The smallest absolute Gasteiger partial charge is 0.0723 e. The highest BCUT2D eigenvalue weighted by Gasteiger charge is 2.08. The number of hydrogen-bond acceptors (Lipinski definition) is 1. The maximum Gasteiger partial charge on any atom is 0.0723 e. The van der Waals surface area contributed by atoms with Gasteiger partial charge in [-0.1, -0.05) is 25.0 Å². The number of allylic oxidation sites excluding steroid dienone is 1. The summed E-state index contributed by atoms with van der Waals surface area (Å²) in [6.45, 7) is 1.76. The molecule has 0 aliphatic heterocycles. The van der Waals surface area contributed by atoms with Gasteiger partial charge in [0.1, 0.15) is 0 Å². The lowest BCUT2D eigenvalue weighted by Gasteiger charge is -2.15. The van der Waals surface area contributed by atoms with Gasteiger partial charge in [0.2, 0.25) is 0 Å². The van der Waals surface area contributed by atoms with E-state index in [0.717, 1.165) is 6.08 Å². The summed E-state index contributed by atoms with van der Waals surface area (Å²) in [7, 11) is 0. The summed E-state index contributed by atoms with van der Waals surface area (Å²) in [5.74, 6) is 0. The fourth-order valence-electron chi connectivity index (χ4n) is 0.817. The van der Waals surface area contributed by atoms with Crippen LogP contribution in [-0.4, -0.2) is 11.2 Å². The highest BCUT2D eigenvalue weighted by atomic mass is 16.3. The fraction of sp³-hybridized carbons (Fsp3) is 0.778. The topological polar surface area (TPSA) is 20.2 Å². The first-order valence-electron chi connectivity index (χ1n) is 6.86. The van der Waals surface area contributed by atoms with E-state index in [2.05, 4.69) is 0 Å². The second-order valence-corrected chi connectivity index (χ2v) is 2.18. The highest BCUT2D eigenvalue weighted by Crippen LogP contribution is 2.21. The molecular formula is C9H16O. The van der Waals surface area contributed by atoms with E-state index in [1.807, 2.05) is 0 Å². The molecule has 0 radical (unpaired) electrons. The van der Waals surface area contributed by atoms with Gasteiger partial charge >= 0.3 is 0 Å². The third-order valence-corrected chi connectivity index (χ3v) is 1.24. The fourth-order valence-corrected chi connectivity index (χ4v) is 0.817. The van der Waals surface area contributed by atoms with Crippen LogP contribution in [0.1, 0.15) is 48.5 Å². The van der Waals surface area contributed by atoms with Gasteiger partial charge in [-0.2, -0.15) is 0 Å². The Balaban J connectivity index is 3.44. The van der Waals surface area contributed by atoms with Crippen LogP contribution < -0.4 is 0 Å². The zero-order valence-electron chi connectivity index (χ0n) is 12.9. The van der Waals surface area contributed by atoms with E-state index < -0.39 is 25.2 Å². The van der Waals surface area contributed by atoms with Crippen LogP contribution in [0, 0.1) is 0 Å². The predicted octanol–water partition coefficient (Wildman–Crippen LogP) is 2.26. The van der Waals surface area contributed by atoms with Gasteiger partial charge in [-0.15, -0.1) is 0 Å². The van der Waals surface area contributed by atoms with Crippen molar-refractivity contribution in [2.45, 2.75) is 45.0 Å². The van der Waals surface area contributed by atoms with E-state index in [1.165, 1.54) is 0 Å². The van der Waals surface area contributed by atoms with Crippen molar-refractivity contribution in [1.29, 1.82) is 0 Å². The monoisotopic (exact) mass is 147 g/mol. The highest BCUT2D eigenvalue weighted by molar-refractivity contribution is 5.08. The Kier molecular flexibility index (Phi) is 0.992. The summed E-state index contributed by atoms with van der Waals surface area (Å²) in [5.41, 5.74) is -0.0578. The zero-order valence-corrected chi connectivity index (χ0v) is 5.94. The largest absolute Gasteiger partial charge is 0.389 e. The SMILES string of the molecule is [2H]C1(O)C=C(CCC)C([2H])([2H])C([2H])([2H])C1([2H])[2H]. The van der Waals surface area contributed by atoms with Crippen molar-refractivity contribution in [2.24, 2.45) is 0 Å². The molecular weight excluding hydrogens is 124 g/mol. The maximum absolute atomic E-state index is 9.68. The quantitative estimate of drug-likeness (QED) is 0.594. The molecule has 1 atom stereocenters. The van der Waals surface area contributed by atoms with Crippen molar-refractivity contribution in [3.63, 3.8) is 0 Å². The van der Waals surface area contributed by atoms with Crippen molar-refractivity contribution in [1.82, 2.24) is 0 Å². The third-order valence-electron chi connectivity index (χ3n) is 1.24. The summed E-state index contributed by atoms with van der Waals surface area (Å²) < 4.78 is 53.0. The molecule has 1 rings (SSSR count). The van der Waals surface area contributed by atoms with Crippen LogP contribution in [0.25, 0.3) is 0 Å². The van der Waals surface area contributed by atoms with Crippen LogP contribution in [0.5, 0.6) is 0 Å². The van der Waals surface area contributed by atoms with Crippen molar-refractivity contribution < 1.29 is 14.7 Å². The first-order chi connectivity index (χ1) is 7.42. The summed E-state index contributed by atoms with van der Waals surface area (Å²) in [6.07, 6.45) is -9.75. The molecule has 1 aliphatic rings. The minimum absolute atomic E-state index is 0.0578.